The number of benzene rings is 4. The monoisotopic (exact) mass is 514 g/mol. The highest BCUT2D eigenvalue weighted by atomic mass is 35.5. The standard InChI is InChI=1S/C28H16Cl2N2O4/c29-17-7-1-5-15(13-17)27(35)31-21-11-3-9-19-23(21)25(33)20-10-4-12-22(24(20)26(19)34)32-28(36)16-6-2-8-18(30)14-16/h1-14H,(H,31,35)(H,32,36). The van der Waals surface area contributed by atoms with Crippen molar-refractivity contribution in [2.24, 2.45) is 0 Å². The van der Waals surface area contributed by atoms with Gasteiger partial charge in [-0.1, -0.05) is 59.6 Å². The summed E-state index contributed by atoms with van der Waals surface area (Å²) in [5, 5.41) is 6.22. The summed E-state index contributed by atoms with van der Waals surface area (Å²) < 4.78 is 0. The first-order valence-electron chi connectivity index (χ1n) is 10.8. The number of halogens is 2. The fourth-order valence-electron chi connectivity index (χ4n) is 4.10. The average Bonchev–Trinajstić information content (AvgIpc) is 2.87. The molecule has 4 aromatic rings. The SMILES string of the molecule is O=C(Nc1cccc2c1C(=O)c1cccc(NC(=O)c3cccc(Cl)c3)c1C2=O)c1cccc(Cl)c1. The number of rotatable bonds is 4. The van der Waals surface area contributed by atoms with Gasteiger partial charge in [0.05, 0.1) is 22.5 Å². The summed E-state index contributed by atoms with van der Waals surface area (Å²) in [7, 11) is 0. The molecule has 0 radical (unpaired) electrons. The number of hydrogen-bond donors (Lipinski definition) is 2. The third-order valence-electron chi connectivity index (χ3n) is 5.74. The molecule has 4 aromatic carbocycles. The Morgan fingerprint density at radius 1 is 0.556 bits per heavy atom. The molecule has 6 nitrogen and oxygen atoms in total. The van der Waals surface area contributed by atoms with Crippen molar-refractivity contribution in [3.63, 3.8) is 0 Å². The van der Waals surface area contributed by atoms with Crippen LogP contribution in [0.5, 0.6) is 0 Å². The van der Waals surface area contributed by atoms with Crippen molar-refractivity contribution in [1.29, 1.82) is 0 Å². The fourth-order valence-corrected chi connectivity index (χ4v) is 4.48. The van der Waals surface area contributed by atoms with Crippen molar-refractivity contribution in [3.8, 4) is 0 Å². The van der Waals surface area contributed by atoms with Crippen molar-refractivity contribution in [2.45, 2.75) is 0 Å². The first-order chi connectivity index (χ1) is 17.3. The van der Waals surface area contributed by atoms with E-state index >= 15 is 0 Å². The molecular weight excluding hydrogens is 499 g/mol. The Balaban J connectivity index is 1.51. The van der Waals surface area contributed by atoms with E-state index < -0.39 is 23.4 Å². The van der Waals surface area contributed by atoms with Crippen LogP contribution < -0.4 is 10.6 Å². The maximum Gasteiger partial charge on any atom is 0.255 e. The lowest BCUT2D eigenvalue weighted by Crippen LogP contribution is -2.26. The van der Waals surface area contributed by atoms with E-state index in [4.69, 9.17) is 23.2 Å². The summed E-state index contributed by atoms with van der Waals surface area (Å²) in [6, 6.07) is 22.1. The van der Waals surface area contributed by atoms with Crippen LogP contribution in [0.3, 0.4) is 0 Å². The van der Waals surface area contributed by atoms with Crippen molar-refractivity contribution >= 4 is 58.0 Å². The molecule has 0 atom stereocenters. The van der Waals surface area contributed by atoms with Gasteiger partial charge in [0.1, 0.15) is 0 Å². The van der Waals surface area contributed by atoms with E-state index in [1.165, 1.54) is 24.3 Å². The first kappa shape index (κ1) is 23.5. The molecule has 2 N–H and O–H groups in total. The number of fused-ring (bicyclic) bond motifs is 2. The Morgan fingerprint density at radius 3 is 1.33 bits per heavy atom. The number of nitrogens with one attached hydrogen (secondary N) is 2. The van der Waals surface area contributed by atoms with Crippen LogP contribution in [0.15, 0.2) is 84.9 Å². The van der Waals surface area contributed by atoms with Gasteiger partial charge in [-0.05, 0) is 48.5 Å². The Labute approximate surface area is 215 Å². The van der Waals surface area contributed by atoms with Crippen LogP contribution in [0, 0.1) is 0 Å². The van der Waals surface area contributed by atoms with Gasteiger partial charge in [-0.2, -0.15) is 0 Å². The van der Waals surface area contributed by atoms with Crippen LogP contribution in [-0.2, 0) is 0 Å². The maximum atomic E-state index is 13.5. The average molecular weight is 515 g/mol. The Hall–Kier alpha value is -4.26. The molecule has 0 fully saturated rings. The van der Waals surface area contributed by atoms with Crippen LogP contribution in [0.4, 0.5) is 11.4 Å². The molecule has 0 spiro atoms. The number of ketones is 2. The Kier molecular flexibility index (Phi) is 6.14. The molecule has 36 heavy (non-hydrogen) atoms. The molecule has 8 heteroatoms. The van der Waals surface area contributed by atoms with Gasteiger partial charge < -0.3 is 10.6 Å². The normalized spacial score (nSPS) is 11.9. The summed E-state index contributed by atoms with van der Waals surface area (Å²) >= 11 is 12.0. The molecule has 0 aromatic heterocycles. The molecule has 0 heterocycles. The highest BCUT2D eigenvalue weighted by Crippen LogP contribution is 2.35. The van der Waals surface area contributed by atoms with Gasteiger partial charge in [0.2, 0.25) is 0 Å². The lowest BCUT2D eigenvalue weighted by Gasteiger charge is -2.22. The Bertz CT molecular complexity index is 1480. The van der Waals surface area contributed by atoms with Gasteiger partial charge in [0.25, 0.3) is 11.8 Å². The van der Waals surface area contributed by atoms with Gasteiger partial charge >= 0.3 is 0 Å². The zero-order valence-electron chi connectivity index (χ0n) is 18.5. The summed E-state index contributed by atoms with van der Waals surface area (Å²) in [4.78, 5) is 52.7. The number of carbonyl (C=O) groups is 4. The number of hydrogen-bond acceptors (Lipinski definition) is 4. The fraction of sp³-hybridized carbons (Fsp3) is 0. The molecule has 176 valence electrons. The van der Waals surface area contributed by atoms with E-state index in [2.05, 4.69) is 10.6 Å². The summed E-state index contributed by atoms with van der Waals surface area (Å²) in [6.07, 6.45) is 0. The van der Waals surface area contributed by atoms with Gasteiger partial charge in [0, 0.05) is 32.3 Å². The number of anilines is 2. The summed E-state index contributed by atoms with van der Waals surface area (Å²) in [5.74, 6) is -1.83. The van der Waals surface area contributed by atoms with E-state index in [9.17, 15) is 19.2 Å². The highest BCUT2D eigenvalue weighted by molar-refractivity contribution is 6.33. The second-order valence-corrected chi connectivity index (χ2v) is 8.92. The number of amides is 2. The van der Waals surface area contributed by atoms with E-state index in [-0.39, 0.29) is 33.6 Å². The van der Waals surface area contributed by atoms with E-state index in [0.29, 0.717) is 21.2 Å². The second kappa shape index (κ2) is 9.41. The molecule has 2 amide bonds. The molecular formula is C28H16Cl2N2O4. The van der Waals surface area contributed by atoms with E-state index in [1.807, 2.05) is 0 Å². The summed E-state index contributed by atoms with van der Waals surface area (Å²) in [6.45, 7) is 0. The van der Waals surface area contributed by atoms with Crippen LogP contribution in [0.25, 0.3) is 0 Å². The molecule has 0 saturated carbocycles. The van der Waals surface area contributed by atoms with Crippen molar-refractivity contribution in [1.82, 2.24) is 0 Å². The smallest absolute Gasteiger partial charge is 0.255 e. The Morgan fingerprint density at radius 2 is 0.944 bits per heavy atom. The molecule has 1 aliphatic rings. The van der Waals surface area contributed by atoms with Crippen LogP contribution in [-0.4, -0.2) is 23.4 Å². The zero-order chi connectivity index (χ0) is 25.4. The quantitative estimate of drug-likeness (QED) is 0.295. The van der Waals surface area contributed by atoms with Crippen LogP contribution in [0.2, 0.25) is 10.0 Å². The molecule has 0 unspecified atom stereocenters. The minimum absolute atomic E-state index is 0.0868. The summed E-state index contributed by atoms with van der Waals surface area (Å²) in [5.41, 5.74) is 1.45. The third-order valence-corrected chi connectivity index (χ3v) is 6.21. The van der Waals surface area contributed by atoms with Crippen LogP contribution in [0.1, 0.15) is 52.6 Å². The second-order valence-electron chi connectivity index (χ2n) is 8.04. The highest BCUT2D eigenvalue weighted by Gasteiger charge is 2.34. The predicted octanol–water partition coefficient (Wildman–Crippen LogP) is 6.27. The van der Waals surface area contributed by atoms with Crippen LogP contribution >= 0.6 is 23.2 Å². The molecule has 1 aliphatic carbocycles. The minimum Gasteiger partial charge on any atom is -0.321 e. The van der Waals surface area contributed by atoms with Gasteiger partial charge in [-0.3, -0.25) is 19.2 Å². The minimum atomic E-state index is -0.473. The molecule has 0 aliphatic heterocycles. The first-order valence-corrected chi connectivity index (χ1v) is 11.6. The molecule has 0 bridgehead atoms. The zero-order valence-corrected chi connectivity index (χ0v) is 20.0. The van der Waals surface area contributed by atoms with Crippen molar-refractivity contribution in [2.75, 3.05) is 10.6 Å². The molecule has 5 rings (SSSR count). The maximum absolute atomic E-state index is 13.5. The van der Waals surface area contributed by atoms with Gasteiger partial charge in [-0.25, -0.2) is 0 Å². The number of carbonyl (C=O) groups excluding carboxylic acids is 4. The van der Waals surface area contributed by atoms with Crippen molar-refractivity contribution < 1.29 is 19.2 Å². The van der Waals surface area contributed by atoms with Crippen molar-refractivity contribution in [3.05, 3.63) is 128 Å². The lowest BCUT2D eigenvalue weighted by atomic mass is 9.82. The topological polar surface area (TPSA) is 92.3 Å². The predicted molar refractivity (Wildman–Crippen MR) is 139 cm³/mol. The van der Waals surface area contributed by atoms with E-state index in [1.54, 1.807) is 60.7 Å². The van der Waals surface area contributed by atoms with Gasteiger partial charge in [-0.15, -0.1) is 0 Å². The van der Waals surface area contributed by atoms with E-state index in [0.717, 1.165) is 0 Å². The molecule has 0 saturated heterocycles. The largest absolute Gasteiger partial charge is 0.321 e. The third kappa shape index (κ3) is 4.28. The van der Waals surface area contributed by atoms with Gasteiger partial charge in [0.15, 0.2) is 11.6 Å². The lowest BCUT2D eigenvalue weighted by molar-refractivity contribution is 0.0977.